The van der Waals surface area contributed by atoms with Crippen molar-refractivity contribution in [2.75, 3.05) is 10.1 Å². The van der Waals surface area contributed by atoms with Crippen LogP contribution in [0.15, 0.2) is 255 Å². The molecule has 5 nitrogen and oxygen atoms in total. The molecule has 1 aliphatic heterocycles. The van der Waals surface area contributed by atoms with Crippen molar-refractivity contribution in [1.82, 2.24) is 9.55 Å². The van der Waals surface area contributed by atoms with Gasteiger partial charge >= 0.3 is 0 Å². The van der Waals surface area contributed by atoms with E-state index in [4.69, 9.17) is 9.92 Å². The van der Waals surface area contributed by atoms with E-state index in [1.165, 1.54) is 48.2 Å². The lowest BCUT2D eigenvalue weighted by Crippen LogP contribution is -2.74. The van der Waals surface area contributed by atoms with E-state index in [0.29, 0.717) is 0 Å². The van der Waals surface area contributed by atoms with Crippen molar-refractivity contribution >= 4 is 73.4 Å². The van der Waals surface area contributed by atoms with Gasteiger partial charge in [-0.2, -0.15) is 10.1 Å². The molecule has 0 bridgehead atoms. The monoisotopic (exact) mass is 850 g/mol. The molecule has 0 N–H and O–H groups in total. The fourth-order valence-electron chi connectivity index (χ4n) is 9.92. The zero-order chi connectivity index (χ0) is 43.2. The molecular weight excluding hydrogens is 809 g/mol. The Morgan fingerprint density at radius 3 is 1.58 bits per heavy atom. The Labute approximate surface area is 379 Å². The molecule has 0 spiro atoms. The third-order valence-corrected chi connectivity index (χ3v) is 17.6. The van der Waals surface area contributed by atoms with Gasteiger partial charge in [0.05, 0.1) is 33.8 Å². The predicted octanol–water partition coefficient (Wildman–Crippen LogP) is 12.0. The Morgan fingerprint density at radius 1 is 0.354 bits per heavy atom. The van der Waals surface area contributed by atoms with E-state index in [0.717, 1.165) is 45.2 Å². The van der Waals surface area contributed by atoms with E-state index in [9.17, 15) is 0 Å². The Bertz CT molecular complexity index is 3450. The van der Waals surface area contributed by atoms with Crippen LogP contribution < -0.4 is 30.9 Å². The minimum Gasteiger partial charge on any atom is -0.294 e. The minimum absolute atomic E-state index is 0.871. The number of aromatic nitrogens is 2. The van der Waals surface area contributed by atoms with E-state index >= 15 is 0 Å². The fraction of sp³-hybridized carbons (Fsp3) is 0. The first-order valence-corrected chi connectivity index (χ1v) is 24.0. The third kappa shape index (κ3) is 6.46. The summed E-state index contributed by atoms with van der Waals surface area (Å²) in [4.78, 5) is 11.9. The van der Waals surface area contributed by atoms with Gasteiger partial charge in [0.2, 0.25) is 0 Å². The summed E-state index contributed by atoms with van der Waals surface area (Å²) < 4.78 is 2.36. The molecule has 2 aromatic heterocycles. The highest BCUT2D eigenvalue weighted by Gasteiger charge is 2.43. The SMILES string of the molecule is c1ccc(-c2ccccc2-c2ccnc(-n3c4ccccc4c4ccc([Si](c5ccccc5)(c5ccccc5)c5cccc(N6ON(c7ccccc7)c7ccccc76)c5)cc43)c2)cc1. The average Bonchev–Trinajstić information content (AvgIpc) is 3.94. The van der Waals surface area contributed by atoms with Crippen molar-refractivity contribution in [3.05, 3.63) is 255 Å². The first kappa shape index (κ1) is 38.4. The number of pyridine rings is 1. The number of fused-ring (bicyclic) bond motifs is 4. The van der Waals surface area contributed by atoms with Gasteiger partial charge in [-0.25, -0.2) is 4.98 Å². The van der Waals surface area contributed by atoms with Gasteiger partial charge in [-0.1, -0.05) is 188 Å². The number of rotatable bonds is 9. The summed E-state index contributed by atoms with van der Waals surface area (Å²) in [5, 5.41) is 11.3. The number of nitrogens with zero attached hydrogens (tertiary/aromatic N) is 4. The molecular formula is C59H42N4OSi. The molecule has 0 aliphatic carbocycles. The van der Waals surface area contributed by atoms with Crippen molar-refractivity contribution in [3.8, 4) is 28.1 Å². The molecule has 0 amide bonds. The maximum atomic E-state index is 6.79. The average molecular weight is 851 g/mol. The van der Waals surface area contributed by atoms with Gasteiger partial charge in [0.25, 0.3) is 0 Å². The highest BCUT2D eigenvalue weighted by molar-refractivity contribution is 7.20. The second kappa shape index (κ2) is 16.1. The Balaban J connectivity index is 1.08. The van der Waals surface area contributed by atoms with Gasteiger partial charge in [-0.15, -0.1) is 4.94 Å². The van der Waals surface area contributed by atoms with Crippen LogP contribution in [-0.2, 0) is 4.94 Å². The van der Waals surface area contributed by atoms with Gasteiger partial charge in [-0.05, 0) is 104 Å². The van der Waals surface area contributed by atoms with Crippen molar-refractivity contribution in [2.24, 2.45) is 0 Å². The highest BCUT2D eigenvalue weighted by atomic mass is 28.3. The topological polar surface area (TPSA) is 33.5 Å². The van der Waals surface area contributed by atoms with Crippen LogP contribution in [0.25, 0.3) is 49.9 Å². The highest BCUT2D eigenvalue weighted by Crippen LogP contribution is 2.45. The van der Waals surface area contributed by atoms with E-state index in [2.05, 4.69) is 235 Å². The van der Waals surface area contributed by atoms with E-state index < -0.39 is 8.07 Å². The zero-order valence-electron chi connectivity index (χ0n) is 35.4. The summed E-state index contributed by atoms with van der Waals surface area (Å²) in [5.74, 6) is 0.871. The first-order valence-electron chi connectivity index (χ1n) is 22.0. The first-order chi connectivity index (χ1) is 32.3. The molecule has 308 valence electrons. The summed E-state index contributed by atoms with van der Waals surface area (Å²) in [5.41, 5.74) is 10.7. The fourth-order valence-corrected chi connectivity index (χ4v) is 14.7. The molecule has 0 radical (unpaired) electrons. The molecule has 0 unspecified atom stereocenters. The van der Waals surface area contributed by atoms with Gasteiger partial charge in [0, 0.05) is 17.0 Å². The van der Waals surface area contributed by atoms with Crippen LogP contribution >= 0.6 is 0 Å². The van der Waals surface area contributed by atoms with Crippen molar-refractivity contribution in [3.63, 3.8) is 0 Å². The lowest BCUT2D eigenvalue weighted by molar-refractivity contribution is 0.156. The molecule has 6 heteroatoms. The lowest BCUT2D eigenvalue weighted by atomic mass is 9.95. The van der Waals surface area contributed by atoms with E-state index in [1.54, 1.807) is 0 Å². The number of benzene rings is 9. The molecule has 65 heavy (non-hydrogen) atoms. The van der Waals surface area contributed by atoms with Gasteiger partial charge in [0.15, 0.2) is 8.07 Å². The molecule has 11 aromatic rings. The van der Waals surface area contributed by atoms with Crippen LogP contribution in [0.3, 0.4) is 0 Å². The van der Waals surface area contributed by atoms with Crippen LogP contribution in [0, 0.1) is 0 Å². The Kier molecular flexibility index (Phi) is 9.52. The largest absolute Gasteiger partial charge is 0.294 e. The molecule has 9 aromatic carbocycles. The lowest BCUT2D eigenvalue weighted by Gasteiger charge is -2.35. The van der Waals surface area contributed by atoms with Crippen LogP contribution in [0.2, 0.25) is 0 Å². The quantitative estimate of drug-likeness (QED) is 0.107. The molecule has 12 rings (SSSR count). The Hall–Kier alpha value is -8.29. The molecule has 0 fully saturated rings. The van der Waals surface area contributed by atoms with Gasteiger partial charge in [0.1, 0.15) is 5.82 Å². The van der Waals surface area contributed by atoms with Gasteiger partial charge < -0.3 is 0 Å². The minimum atomic E-state index is -3.08. The maximum absolute atomic E-state index is 6.79. The standard InChI is InChI=1S/C59H42N4OSi/c1-5-20-43(21-6-1)51-30-13-14-31-52(51)44-38-39-60-59(40-44)61-55-33-16-15-32-53(55)54-37-36-50(42-58(54)61)65(47-25-9-3-10-26-47,48-27-11-4-12-28-48)49-29-19-24-46(41-49)63-57-35-18-17-34-56(57)62(64-63)45-22-7-2-8-23-45/h1-42H. The summed E-state index contributed by atoms with van der Waals surface area (Å²) in [7, 11) is -3.08. The summed E-state index contributed by atoms with van der Waals surface area (Å²) >= 11 is 0. The van der Waals surface area contributed by atoms with Crippen LogP contribution in [0.1, 0.15) is 0 Å². The maximum Gasteiger partial charge on any atom is 0.179 e. The number of hydrogen-bond donors (Lipinski definition) is 0. The van der Waals surface area contributed by atoms with E-state index in [-0.39, 0.29) is 0 Å². The molecule has 3 heterocycles. The molecule has 0 atom stereocenters. The second-order valence-corrected chi connectivity index (χ2v) is 20.2. The van der Waals surface area contributed by atoms with Gasteiger partial charge in [-0.3, -0.25) is 4.57 Å². The normalized spacial score (nSPS) is 12.5. The Morgan fingerprint density at radius 2 is 0.877 bits per heavy atom. The zero-order valence-corrected chi connectivity index (χ0v) is 36.4. The van der Waals surface area contributed by atoms with Crippen LogP contribution in [0.5, 0.6) is 0 Å². The van der Waals surface area contributed by atoms with Crippen molar-refractivity contribution < 1.29 is 4.94 Å². The predicted molar refractivity (Wildman–Crippen MR) is 271 cm³/mol. The number of anilines is 4. The van der Waals surface area contributed by atoms with Crippen molar-refractivity contribution in [1.29, 1.82) is 0 Å². The number of para-hydroxylation sites is 4. The smallest absolute Gasteiger partial charge is 0.179 e. The third-order valence-electron chi connectivity index (χ3n) is 12.8. The molecule has 0 saturated heterocycles. The summed E-state index contributed by atoms with van der Waals surface area (Å²) in [6.45, 7) is 0. The van der Waals surface area contributed by atoms with Crippen LogP contribution in [-0.4, -0.2) is 17.6 Å². The molecule has 0 saturated carbocycles. The van der Waals surface area contributed by atoms with Crippen molar-refractivity contribution in [2.45, 2.75) is 0 Å². The summed E-state index contributed by atoms with van der Waals surface area (Å²) in [6.07, 6.45) is 1.95. The second-order valence-electron chi connectivity index (χ2n) is 16.4. The van der Waals surface area contributed by atoms with Crippen LogP contribution in [0.4, 0.5) is 22.7 Å². The molecule has 1 aliphatic rings. The summed E-state index contributed by atoms with van der Waals surface area (Å²) in [6, 6.07) is 89.4. The van der Waals surface area contributed by atoms with E-state index in [1.807, 2.05) is 34.5 Å². The number of hydrogen-bond acceptors (Lipinski definition) is 4.